The van der Waals surface area contributed by atoms with E-state index in [0.717, 1.165) is 12.8 Å². The molecule has 0 saturated carbocycles. The van der Waals surface area contributed by atoms with Crippen LogP contribution in [-0.4, -0.2) is 21.3 Å². The molecule has 0 fully saturated rings. The van der Waals surface area contributed by atoms with Gasteiger partial charge >= 0.3 is 0 Å². The van der Waals surface area contributed by atoms with Crippen molar-refractivity contribution in [3.05, 3.63) is 23.8 Å². The van der Waals surface area contributed by atoms with Crippen molar-refractivity contribution in [2.45, 2.75) is 31.1 Å². The SMILES string of the molecule is CCCCC(=O)c1ccc(OC)c(S(N)(=O)=O)c1. The summed E-state index contributed by atoms with van der Waals surface area (Å²) in [6.45, 7) is 1.98. The van der Waals surface area contributed by atoms with Gasteiger partial charge in [-0.05, 0) is 24.6 Å². The molecule has 1 aromatic rings. The van der Waals surface area contributed by atoms with E-state index in [1.807, 2.05) is 6.92 Å². The molecule has 6 heteroatoms. The lowest BCUT2D eigenvalue weighted by Gasteiger charge is -2.08. The van der Waals surface area contributed by atoms with Crippen molar-refractivity contribution in [3.8, 4) is 5.75 Å². The summed E-state index contributed by atoms with van der Waals surface area (Å²) >= 11 is 0. The topological polar surface area (TPSA) is 86.5 Å². The maximum absolute atomic E-state index is 11.8. The van der Waals surface area contributed by atoms with Gasteiger partial charge in [0.1, 0.15) is 10.6 Å². The minimum atomic E-state index is -3.90. The number of Topliss-reactive ketones (excluding diaryl/α,β-unsaturated/α-hetero) is 1. The van der Waals surface area contributed by atoms with Crippen LogP contribution >= 0.6 is 0 Å². The zero-order valence-corrected chi connectivity index (χ0v) is 11.3. The highest BCUT2D eigenvalue weighted by Crippen LogP contribution is 2.24. The predicted octanol–water partition coefficient (Wildman–Crippen LogP) is 1.72. The van der Waals surface area contributed by atoms with Crippen LogP contribution < -0.4 is 9.88 Å². The van der Waals surface area contributed by atoms with E-state index in [0.29, 0.717) is 12.0 Å². The van der Waals surface area contributed by atoms with Gasteiger partial charge < -0.3 is 4.74 Å². The average Bonchev–Trinajstić information content (AvgIpc) is 2.34. The van der Waals surface area contributed by atoms with Gasteiger partial charge in [0.25, 0.3) is 0 Å². The van der Waals surface area contributed by atoms with Gasteiger partial charge in [0.05, 0.1) is 7.11 Å². The molecule has 0 saturated heterocycles. The van der Waals surface area contributed by atoms with E-state index < -0.39 is 10.0 Å². The average molecular weight is 271 g/mol. The van der Waals surface area contributed by atoms with Crippen molar-refractivity contribution >= 4 is 15.8 Å². The highest BCUT2D eigenvalue weighted by Gasteiger charge is 2.17. The van der Waals surface area contributed by atoms with E-state index >= 15 is 0 Å². The summed E-state index contributed by atoms with van der Waals surface area (Å²) in [4.78, 5) is 11.6. The largest absolute Gasteiger partial charge is 0.495 e. The number of sulfonamides is 1. The summed E-state index contributed by atoms with van der Waals surface area (Å²) < 4.78 is 27.7. The van der Waals surface area contributed by atoms with Gasteiger partial charge in [0.2, 0.25) is 10.0 Å². The normalized spacial score (nSPS) is 11.3. The van der Waals surface area contributed by atoms with Crippen LogP contribution in [0.3, 0.4) is 0 Å². The van der Waals surface area contributed by atoms with E-state index in [9.17, 15) is 13.2 Å². The van der Waals surface area contributed by atoms with Crippen LogP contribution in [0.15, 0.2) is 23.1 Å². The van der Waals surface area contributed by atoms with Crippen LogP contribution in [0.5, 0.6) is 5.75 Å². The molecule has 0 atom stereocenters. The second-order valence-corrected chi connectivity index (χ2v) is 5.47. The Labute approximate surface area is 107 Å². The first-order valence-corrected chi connectivity index (χ1v) is 7.18. The molecule has 0 bridgehead atoms. The van der Waals surface area contributed by atoms with Gasteiger partial charge in [-0.2, -0.15) is 0 Å². The molecule has 0 aliphatic carbocycles. The molecule has 0 aromatic heterocycles. The number of hydrogen-bond acceptors (Lipinski definition) is 4. The quantitative estimate of drug-likeness (QED) is 0.798. The molecule has 0 radical (unpaired) electrons. The van der Waals surface area contributed by atoms with Gasteiger partial charge in [-0.3, -0.25) is 4.79 Å². The van der Waals surface area contributed by atoms with Crippen LogP contribution in [0, 0.1) is 0 Å². The summed E-state index contributed by atoms with van der Waals surface area (Å²) in [6.07, 6.45) is 2.08. The first kappa shape index (κ1) is 14.7. The van der Waals surface area contributed by atoms with Crippen LogP contribution in [0.4, 0.5) is 0 Å². The number of hydrogen-bond donors (Lipinski definition) is 1. The zero-order valence-electron chi connectivity index (χ0n) is 10.5. The van der Waals surface area contributed by atoms with Crippen molar-refractivity contribution in [2.75, 3.05) is 7.11 Å². The summed E-state index contributed by atoms with van der Waals surface area (Å²) in [5, 5.41) is 5.08. The fourth-order valence-corrected chi connectivity index (χ4v) is 2.28. The summed E-state index contributed by atoms with van der Waals surface area (Å²) in [5.74, 6) is 0.0499. The van der Waals surface area contributed by atoms with E-state index in [1.165, 1.54) is 19.2 Å². The number of primary sulfonamides is 1. The van der Waals surface area contributed by atoms with Gasteiger partial charge in [-0.25, -0.2) is 13.6 Å². The monoisotopic (exact) mass is 271 g/mol. The third-order valence-corrected chi connectivity index (χ3v) is 3.48. The number of rotatable bonds is 6. The molecule has 0 amide bonds. The zero-order chi connectivity index (χ0) is 13.8. The first-order valence-electron chi connectivity index (χ1n) is 5.64. The second kappa shape index (κ2) is 5.97. The number of benzene rings is 1. The molecular weight excluding hydrogens is 254 g/mol. The van der Waals surface area contributed by atoms with Gasteiger partial charge in [0, 0.05) is 12.0 Å². The molecule has 1 rings (SSSR count). The fourth-order valence-electron chi connectivity index (χ4n) is 1.55. The van der Waals surface area contributed by atoms with Crippen molar-refractivity contribution in [2.24, 2.45) is 5.14 Å². The molecular formula is C12H17NO4S. The number of unbranched alkanes of at least 4 members (excludes halogenated alkanes) is 1. The van der Waals surface area contributed by atoms with Gasteiger partial charge in [-0.1, -0.05) is 13.3 Å². The number of methoxy groups -OCH3 is 1. The van der Waals surface area contributed by atoms with Crippen LogP contribution in [-0.2, 0) is 10.0 Å². The molecule has 0 aliphatic heterocycles. The van der Waals surface area contributed by atoms with Crippen molar-refractivity contribution in [1.29, 1.82) is 0 Å². The molecule has 100 valence electrons. The van der Waals surface area contributed by atoms with Crippen LogP contribution in [0.25, 0.3) is 0 Å². The smallest absolute Gasteiger partial charge is 0.241 e. The standard InChI is InChI=1S/C12H17NO4S/c1-3-4-5-10(14)9-6-7-11(17-2)12(8-9)18(13,15)16/h6-8H,3-5H2,1-2H3,(H2,13,15,16). The third kappa shape index (κ3) is 3.54. The highest BCUT2D eigenvalue weighted by atomic mass is 32.2. The molecule has 2 N–H and O–H groups in total. The Hall–Kier alpha value is -1.40. The Kier molecular flexibility index (Phi) is 4.86. The van der Waals surface area contributed by atoms with Crippen molar-refractivity contribution in [1.82, 2.24) is 0 Å². The number of nitrogens with two attached hydrogens (primary N) is 1. The van der Waals surface area contributed by atoms with Gasteiger partial charge in [0.15, 0.2) is 5.78 Å². The molecule has 0 aliphatic rings. The Balaban J connectivity index is 3.15. The maximum atomic E-state index is 11.8. The lowest BCUT2D eigenvalue weighted by Crippen LogP contribution is -2.14. The number of carbonyl (C=O) groups excluding carboxylic acids is 1. The van der Waals surface area contributed by atoms with Crippen molar-refractivity contribution in [3.63, 3.8) is 0 Å². The lowest BCUT2D eigenvalue weighted by atomic mass is 10.1. The van der Waals surface area contributed by atoms with E-state index in [1.54, 1.807) is 6.07 Å². The Bertz CT molecular complexity index is 537. The maximum Gasteiger partial charge on any atom is 0.241 e. The summed E-state index contributed by atoms with van der Waals surface area (Å²) in [5.41, 5.74) is 0.341. The van der Waals surface area contributed by atoms with E-state index in [4.69, 9.17) is 9.88 Å². The van der Waals surface area contributed by atoms with Crippen LogP contribution in [0.2, 0.25) is 0 Å². The molecule has 0 unspecified atom stereocenters. The van der Waals surface area contributed by atoms with Crippen molar-refractivity contribution < 1.29 is 17.9 Å². The van der Waals surface area contributed by atoms with E-state index in [2.05, 4.69) is 0 Å². The van der Waals surface area contributed by atoms with E-state index in [-0.39, 0.29) is 16.4 Å². The van der Waals surface area contributed by atoms with Gasteiger partial charge in [-0.15, -0.1) is 0 Å². The minimum absolute atomic E-state index is 0.0931. The lowest BCUT2D eigenvalue weighted by molar-refractivity contribution is 0.0979. The molecule has 0 spiro atoms. The van der Waals surface area contributed by atoms with Crippen LogP contribution in [0.1, 0.15) is 36.5 Å². The summed E-state index contributed by atoms with van der Waals surface area (Å²) in [7, 11) is -2.55. The molecule has 0 heterocycles. The fraction of sp³-hybridized carbons (Fsp3) is 0.417. The Morgan fingerprint density at radius 1 is 1.39 bits per heavy atom. The minimum Gasteiger partial charge on any atom is -0.495 e. The third-order valence-electron chi connectivity index (χ3n) is 2.55. The Morgan fingerprint density at radius 3 is 2.56 bits per heavy atom. The number of ether oxygens (including phenoxy) is 1. The predicted molar refractivity (Wildman–Crippen MR) is 68.2 cm³/mol. The number of ketones is 1. The molecule has 5 nitrogen and oxygen atoms in total. The number of carbonyl (C=O) groups is 1. The molecule has 1 aromatic carbocycles. The second-order valence-electron chi connectivity index (χ2n) is 3.94. The Morgan fingerprint density at radius 2 is 2.06 bits per heavy atom. The molecule has 18 heavy (non-hydrogen) atoms. The summed E-state index contributed by atoms with van der Waals surface area (Å²) in [6, 6.07) is 4.26. The first-order chi connectivity index (χ1) is 8.40. The highest BCUT2D eigenvalue weighted by molar-refractivity contribution is 7.89.